The lowest BCUT2D eigenvalue weighted by atomic mass is 10.1. The number of hydrogen-bond acceptors (Lipinski definition) is 5. The van der Waals surface area contributed by atoms with E-state index in [4.69, 9.17) is 5.11 Å². The Balaban J connectivity index is 2.34. The molecule has 0 radical (unpaired) electrons. The number of amides is 2. The molecule has 2 amide bonds. The first-order valence-electron chi connectivity index (χ1n) is 6.20. The van der Waals surface area contributed by atoms with Crippen molar-refractivity contribution in [3.63, 3.8) is 0 Å². The fourth-order valence-corrected chi connectivity index (χ4v) is 2.37. The Morgan fingerprint density at radius 3 is 2.48 bits per heavy atom. The minimum atomic E-state index is -4.65. The summed E-state index contributed by atoms with van der Waals surface area (Å²) in [6.45, 7) is -0.684. The van der Waals surface area contributed by atoms with Crippen LogP contribution in [0.4, 0.5) is 18.9 Å². The SMILES string of the molecule is O=C1C=C(Nc2cc(C(F)(F)F)cc(Br)c2O)C(=O)N1CCO. The maximum Gasteiger partial charge on any atom is 0.416 e. The Morgan fingerprint density at radius 1 is 1.26 bits per heavy atom. The van der Waals surface area contributed by atoms with E-state index in [9.17, 15) is 27.9 Å². The molecule has 2 rings (SSSR count). The van der Waals surface area contributed by atoms with Gasteiger partial charge in [-0.3, -0.25) is 14.5 Å². The molecular formula is C13H10BrF3N2O4. The smallest absolute Gasteiger partial charge is 0.416 e. The molecule has 1 aromatic carbocycles. The molecule has 0 aliphatic carbocycles. The number of imide groups is 1. The Hall–Kier alpha value is -2.07. The fourth-order valence-electron chi connectivity index (χ4n) is 1.91. The van der Waals surface area contributed by atoms with Crippen molar-refractivity contribution >= 4 is 33.4 Å². The number of nitrogens with one attached hydrogen (secondary N) is 1. The van der Waals surface area contributed by atoms with Gasteiger partial charge in [-0.1, -0.05) is 0 Å². The first-order valence-corrected chi connectivity index (χ1v) is 6.99. The number of nitrogens with zero attached hydrogens (tertiary/aromatic N) is 1. The zero-order chi connectivity index (χ0) is 17.4. The average molecular weight is 395 g/mol. The molecule has 124 valence electrons. The van der Waals surface area contributed by atoms with Crippen LogP contribution in [-0.2, 0) is 15.8 Å². The van der Waals surface area contributed by atoms with Gasteiger partial charge in [-0.15, -0.1) is 0 Å². The molecule has 1 heterocycles. The molecule has 0 unspecified atom stereocenters. The predicted octanol–water partition coefficient (Wildman–Crippen LogP) is 1.83. The molecular weight excluding hydrogens is 385 g/mol. The lowest BCUT2D eigenvalue weighted by molar-refractivity contribution is -0.138. The van der Waals surface area contributed by atoms with Gasteiger partial charge in [0.25, 0.3) is 11.8 Å². The number of phenolic OH excluding ortho intramolecular Hbond substituents is 1. The van der Waals surface area contributed by atoms with Crippen LogP contribution < -0.4 is 5.32 Å². The topological polar surface area (TPSA) is 89.9 Å². The highest BCUT2D eigenvalue weighted by molar-refractivity contribution is 9.10. The van der Waals surface area contributed by atoms with Crippen molar-refractivity contribution in [2.45, 2.75) is 6.18 Å². The minimum absolute atomic E-state index is 0.223. The highest BCUT2D eigenvalue weighted by Gasteiger charge is 2.34. The lowest BCUT2D eigenvalue weighted by Gasteiger charge is -2.15. The van der Waals surface area contributed by atoms with Gasteiger partial charge >= 0.3 is 6.18 Å². The Kier molecular flexibility index (Phi) is 4.66. The first-order chi connectivity index (χ1) is 10.6. The van der Waals surface area contributed by atoms with Crippen LogP contribution in [0.1, 0.15) is 5.56 Å². The largest absolute Gasteiger partial charge is 0.505 e. The molecule has 1 aromatic rings. The van der Waals surface area contributed by atoms with Gasteiger partial charge < -0.3 is 15.5 Å². The molecule has 0 saturated carbocycles. The monoisotopic (exact) mass is 394 g/mol. The number of rotatable bonds is 4. The summed E-state index contributed by atoms with van der Waals surface area (Å²) in [6.07, 6.45) is -3.77. The van der Waals surface area contributed by atoms with Crippen molar-refractivity contribution < 1.29 is 33.0 Å². The van der Waals surface area contributed by atoms with Gasteiger partial charge in [0.15, 0.2) is 5.75 Å². The van der Waals surface area contributed by atoms with Gasteiger partial charge in [-0.2, -0.15) is 13.2 Å². The van der Waals surface area contributed by atoms with Crippen LogP contribution in [0.5, 0.6) is 5.75 Å². The van der Waals surface area contributed by atoms with Crippen LogP contribution in [0, 0.1) is 0 Å². The predicted molar refractivity (Wildman–Crippen MR) is 76.3 cm³/mol. The van der Waals surface area contributed by atoms with Gasteiger partial charge in [0.2, 0.25) is 0 Å². The maximum atomic E-state index is 12.8. The zero-order valence-electron chi connectivity index (χ0n) is 11.3. The van der Waals surface area contributed by atoms with Crippen LogP contribution in [0.25, 0.3) is 0 Å². The van der Waals surface area contributed by atoms with Gasteiger partial charge in [0, 0.05) is 6.08 Å². The van der Waals surface area contributed by atoms with E-state index >= 15 is 0 Å². The normalized spacial score (nSPS) is 15.2. The molecule has 6 nitrogen and oxygen atoms in total. The summed E-state index contributed by atoms with van der Waals surface area (Å²) in [5, 5.41) is 20.9. The molecule has 0 fully saturated rings. The molecule has 0 bridgehead atoms. The molecule has 0 saturated heterocycles. The van der Waals surface area contributed by atoms with Crippen LogP contribution in [0.3, 0.4) is 0 Å². The van der Waals surface area contributed by atoms with E-state index in [-0.39, 0.29) is 22.4 Å². The van der Waals surface area contributed by atoms with Crippen molar-refractivity contribution in [3.05, 3.63) is 33.9 Å². The summed E-state index contributed by atoms with van der Waals surface area (Å²) >= 11 is 2.80. The fraction of sp³-hybridized carbons (Fsp3) is 0.231. The van der Waals surface area contributed by atoms with Gasteiger partial charge in [-0.05, 0) is 28.1 Å². The van der Waals surface area contributed by atoms with E-state index in [1.807, 2.05) is 0 Å². The summed E-state index contributed by atoms with van der Waals surface area (Å²) < 4.78 is 38.2. The molecule has 1 aliphatic rings. The summed E-state index contributed by atoms with van der Waals surface area (Å²) in [5.41, 5.74) is -1.73. The van der Waals surface area contributed by atoms with Gasteiger partial charge in [-0.25, -0.2) is 0 Å². The number of hydrogen-bond donors (Lipinski definition) is 3. The second-order valence-corrected chi connectivity index (χ2v) is 5.41. The third-order valence-corrected chi connectivity index (χ3v) is 3.60. The third kappa shape index (κ3) is 3.48. The lowest BCUT2D eigenvalue weighted by Crippen LogP contribution is -2.34. The molecule has 10 heteroatoms. The highest BCUT2D eigenvalue weighted by Crippen LogP contribution is 2.40. The number of halogens is 4. The second-order valence-electron chi connectivity index (χ2n) is 4.55. The van der Waals surface area contributed by atoms with E-state index in [1.54, 1.807) is 0 Å². The Labute approximate surface area is 136 Å². The van der Waals surface area contributed by atoms with Gasteiger partial charge in [0.1, 0.15) is 5.70 Å². The van der Waals surface area contributed by atoms with E-state index in [2.05, 4.69) is 21.2 Å². The quantitative estimate of drug-likeness (QED) is 0.535. The van der Waals surface area contributed by atoms with E-state index in [1.165, 1.54) is 0 Å². The van der Waals surface area contributed by atoms with Crippen molar-refractivity contribution in [1.82, 2.24) is 4.90 Å². The summed E-state index contributed by atoms with van der Waals surface area (Å²) in [7, 11) is 0. The molecule has 1 aliphatic heterocycles. The molecule has 3 N–H and O–H groups in total. The van der Waals surface area contributed by atoms with E-state index < -0.39 is 35.9 Å². The van der Waals surface area contributed by atoms with Crippen LogP contribution in [0.2, 0.25) is 0 Å². The molecule has 0 aromatic heterocycles. The van der Waals surface area contributed by atoms with Crippen molar-refractivity contribution in [3.8, 4) is 5.75 Å². The standard InChI is InChI=1S/C13H10BrF3N2O4/c14-7-3-6(13(15,16)17)4-8(11(7)22)18-9-5-10(21)19(1-2-20)12(9)23/h3-5,18,20,22H,1-2H2. The number of aliphatic hydroxyl groups excluding tert-OH is 1. The molecule has 0 spiro atoms. The third-order valence-electron chi connectivity index (χ3n) is 2.99. The molecule has 23 heavy (non-hydrogen) atoms. The zero-order valence-corrected chi connectivity index (χ0v) is 12.9. The van der Waals surface area contributed by atoms with Crippen LogP contribution in [-0.4, -0.2) is 40.1 Å². The number of phenols is 1. The second kappa shape index (κ2) is 6.20. The average Bonchev–Trinajstić information content (AvgIpc) is 2.70. The minimum Gasteiger partial charge on any atom is -0.505 e. The number of anilines is 1. The van der Waals surface area contributed by atoms with Crippen molar-refractivity contribution in [1.29, 1.82) is 0 Å². The number of aromatic hydroxyl groups is 1. The van der Waals surface area contributed by atoms with Crippen LogP contribution >= 0.6 is 15.9 Å². The highest BCUT2D eigenvalue weighted by atomic mass is 79.9. The molecule has 0 atom stereocenters. The number of β-amino-alcohol motifs (C(OH)–C–C–N with tert-alkyl or cyclic N) is 1. The summed E-state index contributed by atoms with van der Waals surface area (Å²) in [6, 6.07) is 1.31. The number of carbonyl (C=O) groups excluding carboxylic acids is 2. The maximum absolute atomic E-state index is 12.8. The number of benzene rings is 1. The van der Waals surface area contributed by atoms with E-state index in [0.717, 1.165) is 11.0 Å². The number of alkyl halides is 3. The Bertz CT molecular complexity index is 703. The number of carbonyl (C=O) groups is 2. The van der Waals surface area contributed by atoms with Crippen LogP contribution in [0.15, 0.2) is 28.4 Å². The Morgan fingerprint density at radius 2 is 1.91 bits per heavy atom. The van der Waals surface area contributed by atoms with Gasteiger partial charge in [0.05, 0.1) is 28.9 Å². The van der Waals surface area contributed by atoms with E-state index in [0.29, 0.717) is 12.1 Å². The number of aliphatic hydroxyl groups is 1. The summed E-state index contributed by atoms with van der Waals surface area (Å²) in [4.78, 5) is 24.2. The first kappa shape index (κ1) is 17.3. The summed E-state index contributed by atoms with van der Waals surface area (Å²) in [5.74, 6) is -2.06. The van der Waals surface area contributed by atoms with Crippen molar-refractivity contribution in [2.24, 2.45) is 0 Å². The van der Waals surface area contributed by atoms with Crippen molar-refractivity contribution in [2.75, 3.05) is 18.5 Å².